The van der Waals surface area contributed by atoms with Crippen molar-refractivity contribution < 1.29 is 0 Å². The first-order valence-electron chi connectivity index (χ1n) is 7.17. The Morgan fingerprint density at radius 3 is 2.80 bits per heavy atom. The maximum absolute atomic E-state index is 9.18. The summed E-state index contributed by atoms with van der Waals surface area (Å²) in [7, 11) is 0. The molecule has 2 aromatic rings. The molecule has 20 heavy (non-hydrogen) atoms. The van der Waals surface area contributed by atoms with Crippen LogP contribution in [0.15, 0.2) is 6.07 Å². The van der Waals surface area contributed by atoms with Crippen LogP contribution < -0.4 is 5.73 Å². The van der Waals surface area contributed by atoms with E-state index in [9.17, 15) is 5.26 Å². The van der Waals surface area contributed by atoms with Crippen molar-refractivity contribution in [1.29, 1.82) is 5.26 Å². The summed E-state index contributed by atoms with van der Waals surface area (Å²) < 4.78 is 0. The molecule has 0 unspecified atom stereocenters. The fourth-order valence-electron chi connectivity index (χ4n) is 2.89. The van der Waals surface area contributed by atoms with Gasteiger partial charge >= 0.3 is 0 Å². The number of anilines is 1. The minimum Gasteiger partial charge on any atom is -0.397 e. The quantitative estimate of drug-likeness (QED) is 0.813. The van der Waals surface area contributed by atoms with Gasteiger partial charge in [0.1, 0.15) is 10.9 Å². The lowest BCUT2D eigenvalue weighted by Gasteiger charge is -1.99. The Morgan fingerprint density at radius 2 is 2.05 bits per heavy atom. The van der Waals surface area contributed by atoms with Crippen molar-refractivity contribution in [2.45, 2.75) is 45.4 Å². The Balaban J connectivity index is 2.08. The minimum atomic E-state index is 0.667. The molecule has 2 aromatic heterocycles. The predicted molar refractivity (Wildman–Crippen MR) is 87.4 cm³/mol. The molecule has 0 bridgehead atoms. The van der Waals surface area contributed by atoms with Crippen LogP contribution in [0.1, 0.15) is 47.1 Å². The second-order valence-corrected chi connectivity index (χ2v) is 7.39. The fraction of sp³-hybridized carbons (Fsp3) is 0.438. The molecule has 0 spiro atoms. The number of fused-ring (bicyclic) bond motifs is 1. The summed E-state index contributed by atoms with van der Waals surface area (Å²) in [6, 6.07) is 4.57. The largest absolute Gasteiger partial charge is 0.397 e. The fourth-order valence-corrected chi connectivity index (χ4v) is 5.38. The molecule has 1 aliphatic rings. The van der Waals surface area contributed by atoms with E-state index in [1.54, 1.807) is 16.2 Å². The molecule has 0 atom stereocenters. The molecule has 0 amide bonds. The molecule has 0 saturated heterocycles. The monoisotopic (exact) mass is 302 g/mol. The summed E-state index contributed by atoms with van der Waals surface area (Å²) in [6.07, 6.45) is 7.28. The number of nitrogens with zero attached hydrogens (tertiary/aromatic N) is 1. The number of nitriles is 1. The van der Waals surface area contributed by atoms with Crippen molar-refractivity contribution in [3.05, 3.63) is 26.9 Å². The average molecular weight is 302 g/mol. The first kappa shape index (κ1) is 13.7. The first-order chi connectivity index (χ1) is 9.74. The van der Waals surface area contributed by atoms with Gasteiger partial charge in [-0.05, 0) is 49.3 Å². The van der Waals surface area contributed by atoms with Crippen molar-refractivity contribution in [2.75, 3.05) is 5.73 Å². The molecule has 0 aliphatic heterocycles. The standard InChI is InChI=1S/C16H18N2S2/c1-2-11-15(18)14(9-17)20-16(11)13-8-10-6-4-3-5-7-12(10)19-13/h8H,2-7,18H2,1H3. The third-order valence-corrected chi connectivity index (χ3v) is 6.54. The summed E-state index contributed by atoms with van der Waals surface area (Å²) in [5.41, 5.74) is 9.47. The van der Waals surface area contributed by atoms with Gasteiger partial charge in [-0.25, -0.2) is 0 Å². The lowest BCUT2D eigenvalue weighted by Crippen LogP contribution is -1.90. The number of nitrogens with two attached hydrogens (primary N) is 1. The Labute approximate surface area is 127 Å². The van der Waals surface area contributed by atoms with Crippen LogP contribution in [-0.4, -0.2) is 0 Å². The van der Waals surface area contributed by atoms with Gasteiger partial charge < -0.3 is 5.73 Å². The second kappa shape index (κ2) is 5.59. The minimum absolute atomic E-state index is 0.667. The Bertz CT molecular complexity index is 650. The number of thiophene rings is 2. The van der Waals surface area contributed by atoms with Crippen molar-refractivity contribution in [2.24, 2.45) is 0 Å². The molecular formula is C16H18N2S2. The number of hydrogen-bond acceptors (Lipinski definition) is 4. The molecule has 1 aliphatic carbocycles. The van der Waals surface area contributed by atoms with Gasteiger partial charge in [-0.15, -0.1) is 22.7 Å². The van der Waals surface area contributed by atoms with Crippen LogP contribution in [0.5, 0.6) is 0 Å². The molecule has 2 heterocycles. The zero-order valence-electron chi connectivity index (χ0n) is 11.7. The molecular weight excluding hydrogens is 284 g/mol. The smallest absolute Gasteiger partial charge is 0.128 e. The van der Waals surface area contributed by atoms with Crippen LogP contribution in [0, 0.1) is 11.3 Å². The van der Waals surface area contributed by atoms with Gasteiger partial charge in [-0.1, -0.05) is 13.3 Å². The molecule has 0 radical (unpaired) electrons. The lowest BCUT2D eigenvalue weighted by molar-refractivity contribution is 0.713. The Hall–Kier alpha value is -1.31. The first-order valence-corrected chi connectivity index (χ1v) is 8.81. The lowest BCUT2D eigenvalue weighted by atomic mass is 10.1. The van der Waals surface area contributed by atoms with Gasteiger partial charge in [-0.3, -0.25) is 0 Å². The molecule has 2 N–H and O–H groups in total. The summed E-state index contributed by atoms with van der Waals surface area (Å²) >= 11 is 3.47. The van der Waals surface area contributed by atoms with Crippen LogP contribution in [0.3, 0.4) is 0 Å². The van der Waals surface area contributed by atoms with E-state index in [1.807, 2.05) is 11.3 Å². The molecule has 2 nitrogen and oxygen atoms in total. The maximum Gasteiger partial charge on any atom is 0.128 e. The zero-order valence-corrected chi connectivity index (χ0v) is 13.3. The molecule has 0 saturated carbocycles. The second-order valence-electron chi connectivity index (χ2n) is 5.24. The van der Waals surface area contributed by atoms with Crippen LogP contribution >= 0.6 is 22.7 Å². The molecule has 0 fully saturated rings. The highest BCUT2D eigenvalue weighted by Crippen LogP contribution is 2.43. The molecule has 0 aromatic carbocycles. The highest BCUT2D eigenvalue weighted by Gasteiger charge is 2.19. The highest BCUT2D eigenvalue weighted by atomic mass is 32.1. The summed E-state index contributed by atoms with van der Waals surface area (Å²) in [5, 5.41) is 9.18. The van der Waals surface area contributed by atoms with Crippen LogP contribution in [0.2, 0.25) is 0 Å². The Kier molecular flexibility index (Phi) is 3.82. The normalized spacial score (nSPS) is 14.6. The van der Waals surface area contributed by atoms with Crippen molar-refractivity contribution >= 4 is 28.4 Å². The summed E-state index contributed by atoms with van der Waals surface area (Å²) in [6.45, 7) is 2.11. The third-order valence-electron chi connectivity index (χ3n) is 3.97. The topological polar surface area (TPSA) is 49.8 Å². The van der Waals surface area contributed by atoms with E-state index >= 15 is 0 Å². The van der Waals surface area contributed by atoms with Gasteiger partial charge in [0.15, 0.2) is 0 Å². The van der Waals surface area contributed by atoms with Crippen molar-refractivity contribution in [3.63, 3.8) is 0 Å². The number of aryl methyl sites for hydroxylation is 2. The van der Waals surface area contributed by atoms with Crippen LogP contribution in [0.25, 0.3) is 9.75 Å². The van der Waals surface area contributed by atoms with Crippen molar-refractivity contribution in [1.82, 2.24) is 0 Å². The van der Waals surface area contributed by atoms with Gasteiger partial charge in [0.05, 0.1) is 10.6 Å². The maximum atomic E-state index is 9.18. The average Bonchev–Trinajstić information content (AvgIpc) is 2.92. The predicted octanol–water partition coefficient (Wildman–Crippen LogP) is 4.76. The summed E-state index contributed by atoms with van der Waals surface area (Å²) in [4.78, 5) is 4.75. The SMILES string of the molecule is CCc1c(-c2cc3c(s2)CCCCC3)sc(C#N)c1N. The molecule has 3 rings (SSSR count). The molecule has 104 valence electrons. The third kappa shape index (κ3) is 2.25. The summed E-state index contributed by atoms with van der Waals surface area (Å²) in [5.74, 6) is 0. The van der Waals surface area contributed by atoms with Gasteiger partial charge in [0, 0.05) is 9.75 Å². The van der Waals surface area contributed by atoms with E-state index in [0.29, 0.717) is 10.6 Å². The molecule has 4 heteroatoms. The van der Waals surface area contributed by atoms with E-state index in [4.69, 9.17) is 5.73 Å². The van der Waals surface area contributed by atoms with Gasteiger partial charge in [-0.2, -0.15) is 5.26 Å². The number of rotatable bonds is 2. The zero-order chi connectivity index (χ0) is 14.1. The van der Waals surface area contributed by atoms with E-state index in [0.717, 1.165) is 12.0 Å². The van der Waals surface area contributed by atoms with E-state index in [2.05, 4.69) is 19.1 Å². The highest BCUT2D eigenvalue weighted by molar-refractivity contribution is 7.23. The van der Waals surface area contributed by atoms with Crippen molar-refractivity contribution in [3.8, 4) is 15.8 Å². The van der Waals surface area contributed by atoms with Crippen LogP contribution in [0.4, 0.5) is 5.69 Å². The van der Waals surface area contributed by atoms with E-state index in [1.165, 1.54) is 47.4 Å². The number of hydrogen-bond donors (Lipinski definition) is 1. The van der Waals surface area contributed by atoms with Gasteiger partial charge in [0.25, 0.3) is 0 Å². The van der Waals surface area contributed by atoms with Gasteiger partial charge in [0.2, 0.25) is 0 Å². The van der Waals surface area contributed by atoms with Crippen LogP contribution in [-0.2, 0) is 19.3 Å². The Morgan fingerprint density at radius 1 is 1.25 bits per heavy atom. The van der Waals surface area contributed by atoms with E-state index < -0.39 is 0 Å². The number of nitrogen functional groups attached to an aromatic ring is 1. The van der Waals surface area contributed by atoms with E-state index in [-0.39, 0.29) is 0 Å².